The number of hydrogen-bond donors (Lipinski definition) is 2. The highest BCUT2D eigenvalue weighted by Gasteiger charge is 2.06. The maximum Gasteiger partial charge on any atom is 0.314 e. The van der Waals surface area contributed by atoms with Crippen LogP contribution in [0, 0.1) is 0 Å². The van der Waals surface area contributed by atoms with Crippen LogP contribution in [0.25, 0.3) is 0 Å². The normalized spacial score (nSPS) is 11.4. The van der Waals surface area contributed by atoms with E-state index in [1.165, 1.54) is 4.90 Å². The van der Waals surface area contributed by atoms with Crippen molar-refractivity contribution in [3.8, 4) is 0 Å². The fourth-order valence-corrected chi connectivity index (χ4v) is 1.93. The second-order valence-corrected chi connectivity index (χ2v) is 5.19. The Kier molecular flexibility index (Phi) is 7.07. The van der Waals surface area contributed by atoms with Gasteiger partial charge in [-0.15, -0.1) is 0 Å². The lowest BCUT2D eigenvalue weighted by atomic mass is 10.2. The SMILES string of the molecule is CCN(CCCCCCS(=O)(=O)O)C(N)=O. The van der Waals surface area contributed by atoms with Gasteiger partial charge in [0.1, 0.15) is 0 Å². The molecule has 0 unspecified atom stereocenters. The molecule has 7 heteroatoms. The van der Waals surface area contributed by atoms with E-state index in [2.05, 4.69) is 0 Å². The van der Waals surface area contributed by atoms with Crippen LogP contribution in [0.2, 0.25) is 0 Å². The van der Waals surface area contributed by atoms with E-state index >= 15 is 0 Å². The zero-order valence-corrected chi connectivity index (χ0v) is 10.4. The van der Waals surface area contributed by atoms with E-state index in [1.54, 1.807) is 0 Å². The van der Waals surface area contributed by atoms with Gasteiger partial charge in [-0.25, -0.2) is 4.79 Å². The van der Waals surface area contributed by atoms with Crippen LogP contribution in [0.4, 0.5) is 4.79 Å². The van der Waals surface area contributed by atoms with Crippen molar-refractivity contribution in [2.75, 3.05) is 18.8 Å². The fraction of sp³-hybridized carbons (Fsp3) is 0.889. The minimum atomic E-state index is -3.83. The van der Waals surface area contributed by atoms with Crippen molar-refractivity contribution >= 4 is 16.1 Å². The first-order valence-corrected chi connectivity index (χ1v) is 6.97. The lowest BCUT2D eigenvalue weighted by molar-refractivity contribution is 0.209. The van der Waals surface area contributed by atoms with Crippen molar-refractivity contribution in [2.24, 2.45) is 5.73 Å². The third-order valence-electron chi connectivity index (χ3n) is 2.27. The van der Waals surface area contributed by atoms with Gasteiger partial charge >= 0.3 is 6.03 Å². The zero-order chi connectivity index (χ0) is 12.6. The second-order valence-electron chi connectivity index (χ2n) is 3.62. The van der Waals surface area contributed by atoms with Crippen LogP contribution in [0.1, 0.15) is 32.6 Å². The highest BCUT2D eigenvalue weighted by atomic mass is 32.2. The van der Waals surface area contributed by atoms with Crippen molar-refractivity contribution in [2.45, 2.75) is 32.6 Å². The first kappa shape index (κ1) is 15.2. The Morgan fingerprint density at radius 1 is 1.25 bits per heavy atom. The van der Waals surface area contributed by atoms with Crippen molar-refractivity contribution in [1.29, 1.82) is 0 Å². The number of carbonyl (C=O) groups excluding carboxylic acids is 1. The molecule has 0 fully saturated rings. The summed E-state index contributed by atoms with van der Waals surface area (Å²) in [6.45, 7) is 3.03. The van der Waals surface area contributed by atoms with Crippen LogP contribution in [-0.4, -0.2) is 42.7 Å². The number of urea groups is 1. The summed E-state index contributed by atoms with van der Waals surface area (Å²) in [6.07, 6.45) is 2.78. The summed E-state index contributed by atoms with van der Waals surface area (Å²) in [7, 11) is -3.83. The van der Waals surface area contributed by atoms with Gasteiger partial charge in [-0.3, -0.25) is 4.55 Å². The van der Waals surface area contributed by atoms with Crippen molar-refractivity contribution in [3.63, 3.8) is 0 Å². The minimum absolute atomic E-state index is 0.194. The Morgan fingerprint density at radius 3 is 2.25 bits per heavy atom. The number of rotatable bonds is 8. The van der Waals surface area contributed by atoms with E-state index in [-0.39, 0.29) is 5.75 Å². The quantitative estimate of drug-likeness (QED) is 0.493. The average Bonchev–Trinajstić information content (AvgIpc) is 2.14. The summed E-state index contributed by atoms with van der Waals surface area (Å²) in [4.78, 5) is 12.3. The van der Waals surface area contributed by atoms with Gasteiger partial charge < -0.3 is 10.6 Å². The maximum absolute atomic E-state index is 10.8. The number of carbonyl (C=O) groups is 1. The second kappa shape index (κ2) is 7.45. The molecule has 0 aliphatic rings. The monoisotopic (exact) mass is 252 g/mol. The highest BCUT2D eigenvalue weighted by Crippen LogP contribution is 2.03. The van der Waals surface area contributed by atoms with Crippen LogP contribution in [0.15, 0.2) is 0 Å². The molecule has 0 saturated heterocycles. The number of nitrogens with zero attached hydrogens (tertiary/aromatic N) is 1. The minimum Gasteiger partial charge on any atom is -0.351 e. The Bertz CT molecular complexity index is 303. The third-order valence-corrected chi connectivity index (χ3v) is 3.08. The van der Waals surface area contributed by atoms with Crippen LogP contribution in [-0.2, 0) is 10.1 Å². The molecule has 0 heterocycles. The Balaban J connectivity index is 3.50. The Labute approximate surface area is 96.5 Å². The first-order chi connectivity index (χ1) is 7.37. The van der Waals surface area contributed by atoms with Crippen LogP contribution < -0.4 is 5.73 Å². The van der Waals surface area contributed by atoms with Crippen molar-refractivity contribution in [1.82, 2.24) is 4.90 Å². The highest BCUT2D eigenvalue weighted by molar-refractivity contribution is 7.85. The molecule has 0 bridgehead atoms. The zero-order valence-electron chi connectivity index (χ0n) is 9.55. The fourth-order valence-electron chi connectivity index (χ4n) is 1.36. The maximum atomic E-state index is 10.8. The van der Waals surface area contributed by atoms with E-state index in [9.17, 15) is 13.2 Å². The number of primary amides is 1. The van der Waals surface area contributed by atoms with Gasteiger partial charge in [0.2, 0.25) is 0 Å². The molecule has 16 heavy (non-hydrogen) atoms. The molecule has 0 aromatic carbocycles. The van der Waals surface area contributed by atoms with Gasteiger partial charge in [0.15, 0.2) is 0 Å². The predicted octanol–water partition coefficient (Wildman–Crippen LogP) is 0.835. The molecule has 0 rings (SSSR count). The van der Waals surface area contributed by atoms with Gasteiger partial charge in [0.05, 0.1) is 5.75 Å². The summed E-state index contributed by atoms with van der Waals surface area (Å²) >= 11 is 0. The average molecular weight is 252 g/mol. The molecule has 0 aliphatic heterocycles. The van der Waals surface area contributed by atoms with Gasteiger partial charge in [-0.2, -0.15) is 8.42 Å². The Morgan fingerprint density at radius 2 is 1.81 bits per heavy atom. The van der Waals surface area contributed by atoms with E-state index in [4.69, 9.17) is 10.3 Å². The van der Waals surface area contributed by atoms with Gasteiger partial charge in [0.25, 0.3) is 10.1 Å². The lowest BCUT2D eigenvalue weighted by Gasteiger charge is -2.17. The van der Waals surface area contributed by atoms with E-state index < -0.39 is 16.1 Å². The number of nitrogens with two attached hydrogens (primary N) is 1. The smallest absolute Gasteiger partial charge is 0.314 e. The van der Waals surface area contributed by atoms with Crippen molar-refractivity contribution in [3.05, 3.63) is 0 Å². The van der Waals surface area contributed by atoms with Gasteiger partial charge in [-0.05, 0) is 19.8 Å². The molecular weight excluding hydrogens is 232 g/mol. The largest absolute Gasteiger partial charge is 0.351 e. The molecule has 0 spiro atoms. The summed E-state index contributed by atoms with van der Waals surface area (Å²) in [5, 5.41) is 0. The summed E-state index contributed by atoms with van der Waals surface area (Å²) in [5.74, 6) is -0.194. The van der Waals surface area contributed by atoms with E-state index in [1.807, 2.05) is 6.92 Å². The van der Waals surface area contributed by atoms with E-state index in [0.29, 0.717) is 19.5 Å². The van der Waals surface area contributed by atoms with Crippen LogP contribution >= 0.6 is 0 Å². The van der Waals surface area contributed by atoms with Gasteiger partial charge in [-0.1, -0.05) is 12.8 Å². The van der Waals surface area contributed by atoms with E-state index in [0.717, 1.165) is 19.3 Å². The molecule has 96 valence electrons. The lowest BCUT2D eigenvalue weighted by Crippen LogP contribution is -2.36. The van der Waals surface area contributed by atoms with Crippen LogP contribution in [0.5, 0.6) is 0 Å². The number of amides is 2. The molecule has 0 aromatic rings. The molecule has 6 nitrogen and oxygen atoms in total. The molecular formula is C9H20N2O4S. The first-order valence-electron chi connectivity index (χ1n) is 5.36. The van der Waals surface area contributed by atoms with Crippen LogP contribution in [0.3, 0.4) is 0 Å². The van der Waals surface area contributed by atoms with Crippen molar-refractivity contribution < 1.29 is 17.8 Å². The molecule has 0 atom stereocenters. The summed E-state index contributed by atoms with van der Waals surface area (Å²) < 4.78 is 29.3. The predicted molar refractivity (Wildman–Crippen MR) is 61.7 cm³/mol. The van der Waals surface area contributed by atoms with Gasteiger partial charge in [0, 0.05) is 13.1 Å². The molecule has 3 N–H and O–H groups in total. The molecule has 2 amide bonds. The Hall–Kier alpha value is -0.820. The number of hydrogen-bond acceptors (Lipinski definition) is 3. The topological polar surface area (TPSA) is 101 Å². The summed E-state index contributed by atoms with van der Waals surface area (Å²) in [6, 6.07) is -0.430. The number of unbranched alkanes of at least 4 members (excludes halogenated alkanes) is 3. The standard InChI is InChI=1S/C9H20N2O4S/c1-2-11(9(10)12)7-5-3-4-6-8-16(13,14)15/h2-8H2,1H3,(H2,10,12)(H,13,14,15). The summed E-state index contributed by atoms with van der Waals surface area (Å²) in [5.41, 5.74) is 5.12. The molecule has 0 aliphatic carbocycles. The third kappa shape index (κ3) is 8.49. The molecule has 0 radical (unpaired) electrons. The molecule has 0 saturated carbocycles. The molecule has 0 aromatic heterocycles.